The molecule has 1 aromatic heterocycles. The van der Waals surface area contributed by atoms with Crippen LogP contribution in [0, 0.1) is 11.5 Å². The molecule has 1 N–H and O–H groups in total. The van der Waals surface area contributed by atoms with Crippen LogP contribution in [0.2, 0.25) is 16.6 Å². The first-order valence-electron chi connectivity index (χ1n) is 8.32. The van der Waals surface area contributed by atoms with E-state index in [-0.39, 0.29) is 5.69 Å². The molecule has 0 unspecified atom stereocenters. The highest BCUT2D eigenvalue weighted by molar-refractivity contribution is 6.90. The van der Waals surface area contributed by atoms with E-state index in [0.717, 1.165) is 12.4 Å². The molecule has 0 bridgehead atoms. The Morgan fingerprint density at radius 2 is 1.54 bits per heavy atom. The van der Waals surface area contributed by atoms with Gasteiger partial charge >= 0.3 is 0 Å². The van der Waals surface area contributed by atoms with E-state index in [4.69, 9.17) is 0 Å². The Labute approximate surface area is 144 Å². The lowest BCUT2D eigenvalue weighted by atomic mass is 10.0. The molecule has 134 valence electrons. The van der Waals surface area contributed by atoms with Crippen molar-refractivity contribution in [2.75, 3.05) is 0 Å². The van der Waals surface area contributed by atoms with Gasteiger partial charge in [0.2, 0.25) is 0 Å². The van der Waals surface area contributed by atoms with Crippen molar-refractivity contribution in [2.24, 2.45) is 0 Å². The SMILES string of the molecule is CC(C)[Si](C#C[C@@](C)(O)c1cc(C(F)F)ncn1)(C(C)C)C(C)C. The molecule has 0 saturated heterocycles. The van der Waals surface area contributed by atoms with Crippen molar-refractivity contribution in [3.8, 4) is 11.5 Å². The Bertz CT molecular complexity index is 597. The van der Waals surface area contributed by atoms with Gasteiger partial charge in [-0.25, -0.2) is 18.7 Å². The molecule has 0 spiro atoms. The third kappa shape index (κ3) is 4.20. The summed E-state index contributed by atoms with van der Waals surface area (Å²) in [5.41, 5.74) is 2.80. The number of aromatic nitrogens is 2. The van der Waals surface area contributed by atoms with Gasteiger partial charge in [-0.05, 0) is 29.6 Å². The Morgan fingerprint density at radius 1 is 1.04 bits per heavy atom. The zero-order valence-electron chi connectivity index (χ0n) is 15.6. The monoisotopic (exact) mass is 354 g/mol. The van der Waals surface area contributed by atoms with Crippen LogP contribution in [0.3, 0.4) is 0 Å². The Hall–Kier alpha value is -1.32. The summed E-state index contributed by atoms with van der Waals surface area (Å²) in [6.07, 6.45) is -1.66. The summed E-state index contributed by atoms with van der Waals surface area (Å²) in [5, 5.41) is 10.7. The van der Waals surface area contributed by atoms with Crippen LogP contribution in [0.1, 0.15) is 66.3 Å². The normalized spacial score (nSPS) is 14.9. The highest BCUT2D eigenvalue weighted by Gasteiger charge is 2.42. The van der Waals surface area contributed by atoms with Gasteiger partial charge in [-0.15, -0.1) is 5.54 Å². The van der Waals surface area contributed by atoms with E-state index in [1.54, 1.807) is 0 Å². The molecule has 6 heteroatoms. The number of alkyl halides is 2. The van der Waals surface area contributed by atoms with Gasteiger partial charge in [0.05, 0.1) is 5.69 Å². The second kappa shape index (κ2) is 7.71. The molecule has 0 aliphatic carbocycles. The van der Waals surface area contributed by atoms with E-state index in [2.05, 4.69) is 63.0 Å². The zero-order chi connectivity index (χ0) is 18.7. The third-order valence-electron chi connectivity index (χ3n) is 4.80. The number of rotatable bonds is 5. The van der Waals surface area contributed by atoms with Gasteiger partial charge < -0.3 is 5.11 Å². The average Bonchev–Trinajstić information content (AvgIpc) is 2.46. The Morgan fingerprint density at radius 3 is 1.96 bits per heavy atom. The fraction of sp³-hybridized carbons (Fsp3) is 0.667. The summed E-state index contributed by atoms with van der Waals surface area (Å²) >= 11 is 0. The molecular formula is C18H28F2N2OSi. The second-order valence-electron chi connectivity index (χ2n) is 7.35. The summed E-state index contributed by atoms with van der Waals surface area (Å²) in [7, 11) is -2.02. The topological polar surface area (TPSA) is 46.0 Å². The Kier molecular flexibility index (Phi) is 6.65. The molecule has 0 aliphatic heterocycles. The first kappa shape index (κ1) is 20.7. The minimum Gasteiger partial charge on any atom is -0.372 e. The van der Waals surface area contributed by atoms with Crippen LogP contribution in [-0.4, -0.2) is 23.1 Å². The van der Waals surface area contributed by atoms with E-state index in [1.165, 1.54) is 6.92 Å². The minimum absolute atomic E-state index is 0.111. The maximum Gasteiger partial charge on any atom is 0.280 e. The van der Waals surface area contributed by atoms with E-state index in [0.29, 0.717) is 16.6 Å². The van der Waals surface area contributed by atoms with E-state index in [9.17, 15) is 13.9 Å². The maximum atomic E-state index is 12.8. The fourth-order valence-electron chi connectivity index (χ4n) is 3.48. The molecule has 0 amide bonds. The third-order valence-corrected chi connectivity index (χ3v) is 11.1. The number of hydrogen-bond acceptors (Lipinski definition) is 3. The summed E-state index contributed by atoms with van der Waals surface area (Å²) in [5.74, 6) is 2.96. The lowest BCUT2D eigenvalue weighted by Gasteiger charge is -2.38. The molecule has 0 saturated carbocycles. The molecule has 1 heterocycles. The quantitative estimate of drug-likeness (QED) is 0.608. The highest BCUT2D eigenvalue weighted by Crippen LogP contribution is 2.41. The van der Waals surface area contributed by atoms with Crippen molar-refractivity contribution in [3.05, 3.63) is 23.8 Å². The van der Waals surface area contributed by atoms with Crippen LogP contribution >= 0.6 is 0 Å². The van der Waals surface area contributed by atoms with E-state index < -0.39 is 25.8 Å². The maximum absolute atomic E-state index is 12.8. The number of hydrogen-bond donors (Lipinski definition) is 1. The van der Waals surface area contributed by atoms with Crippen molar-refractivity contribution in [2.45, 2.75) is 77.1 Å². The predicted octanol–water partition coefficient (Wildman–Crippen LogP) is 4.84. The molecule has 3 nitrogen and oxygen atoms in total. The molecular weight excluding hydrogens is 326 g/mol. The van der Waals surface area contributed by atoms with Crippen molar-refractivity contribution in [1.29, 1.82) is 0 Å². The second-order valence-corrected chi connectivity index (χ2v) is 12.9. The molecule has 24 heavy (non-hydrogen) atoms. The first-order valence-corrected chi connectivity index (χ1v) is 10.6. The molecule has 1 atom stereocenters. The van der Waals surface area contributed by atoms with Crippen LogP contribution < -0.4 is 0 Å². The van der Waals surface area contributed by atoms with Gasteiger partial charge in [-0.1, -0.05) is 47.5 Å². The van der Waals surface area contributed by atoms with Gasteiger partial charge in [0.15, 0.2) is 5.60 Å². The van der Waals surface area contributed by atoms with E-state index >= 15 is 0 Å². The molecule has 0 aliphatic rings. The van der Waals surface area contributed by atoms with Crippen LogP contribution in [0.15, 0.2) is 12.4 Å². The van der Waals surface area contributed by atoms with Gasteiger partial charge in [0, 0.05) is 0 Å². The molecule has 1 aromatic rings. The summed E-state index contributed by atoms with van der Waals surface area (Å²) in [6, 6.07) is 1.13. The Balaban J connectivity index is 3.36. The summed E-state index contributed by atoms with van der Waals surface area (Å²) in [6.45, 7) is 14.6. The first-order chi connectivity index (χ1) is 10.9. The van der Waals surface area contributed by atoms with Crippen molar-refractivity contribution in [1.82, 2.24) is 9.97 Å². The smallest absolute Gasteiger partial charge is 0.280 e. The lowest BCUT2D eigenvalue weighted by Crippen LogP contribution is -2.43. The highest BCUT2D eigenvalue weighted by atomic mass is 28.3. The molecule has 0 aromatic carbocycles. The van der Waals surface area contributed by atoms with Gasteiger partial charge in [0.1, 0.15) is 20.1 Å². The molecule has 1 rings (SSSR count). The van der Waals surface area contributed by atoms with Crippen LogP contribution in [0.4, 0.5) is 8.78 Å². The van der Waals surface area contributed by atoms with Crippen LogP contribution in [0.5, 0.6) is 0 Å². The van der Waals surface area contributed by atoms with Gasteiger partial charge in [-0.3, -0.25) is 0 Å². The van der Waals surface area contributed by atoms with Gasteiger partial charge in [-0.2, -0.15) is 0 Å². The summed E-state index contributed by atoms with van der Waals surface area (Å²) < 4.78 is 25.7. The summed E-state index contributed by atoms with van der Waals surface area (Å²) in [4.78, 5) is 7.48. The van der Waals surface area contributed by atoms with Crippen LogP contribution in [0.25, 0.3) is 0 Å². The van der Waals surface area contributed by atoms with Crippen LogP contribution in [-0.2, 0) is 5.60 Å². The number of nitrogens with zero attached hydrogens (tertiary/aromatic N) is 2. The molecule has 0 fully saturated rings. The van der Waals surface area contributed by atoms with E-state index in [1.807, 2.05) is 0 Å². The van der Waals surface area contributed by atoms with Crippen molar-refractivity contribution in [3.63, 3.8) is 0 Å². The largest absolute Gasteiger partial charge is 0.372 e. The predicted molar refractivity (Wildman–Crippen MR) is 95.4 cm³/mol. The van der Waals surface area contributed by atoms with Gasteiger partial charge in [0.25, 0.3) is 6.43 Å². The lowest BCUT2D eigenvalue weighted by molar-refractivity contribution is 0.114. The standard InChI is InChI=1S/C18H28F2N2OSi/c1-12(2)24(13(3)4,14(5)6)9-8-18(7,23)16-10-15(17(19)20)21-11-22-16/h10-14,17,23H,1-7H3/t18-/m1/s1. The molecule has 0 radical (unpaired) electrons. The van der Waals surface area contributed by atoms with Crippen molar-refractivity contribution < 1.29 is 13.9 Å². The number of halogens is 2. The average molecular weight is 355 g/mol. The zero-order valence-corrected chi connectivity index (χ0v) is 16.6. The number of aliphatic hydroxyl groups is 1. The minimum atomic E-state index is -2.70. The van der Waals surface area contributed by atoms with Crippen molar-refractivity contribution >= 4 is 8.07 Å². The fourth-order valence-corrected chi connectivity index (χ4v) is 8.81.